The third-order valence-electron chi connectivity index (χ3n) is 1.47. The van der Waals surface area contributed by atoms with Crippen molar-refractivity contribution in [1.82, 2.24) is 0 Å². The molecular weight excluding hydrogens is 128 g/mol. The molecule has 0 aromatic heterocycles. The second-order valence-corrected chi connectivity index (χ2v) is 2.21. The summed E-state index contributed by atoms with van der Waals surface area (Å²) in [5.41, 5.74) is 0. The van der Waals surface area contributed by atoms with E-state index in [0.29, 0.717) is 13.2 Å². The minimum absolute atomic E-state index is 0.0659. The van der Waals surface area contributed by atoms with Crippen molar-refractivity contribution < 1.29 is 9.47 Å². The summed E-state index contributed by atoms with van der Waals surface area (Å²) in [6, 6.07) is 0. The van der Waals surface area contributed by atoms with E-state index in [9.17, 15) is 0 Å². The van der Waals surface area contributed by atoms with Gasteiger partial charge < -0.3 is 9.47 Å². The van der Waals surface area contributed by atoms with E-state index in [4.69, 9.17) is 9.47 Å². The van der Waals surface area contributed by atoms with Crippen molar-refractivity contribution >= 4 is 0 Å². The van der Waals surface area contributed by atoms with Crippen LogP contribution in [-0.4, -0.2) is 25.4 Å². The summed E-state index contributed by atoms with van der Waals surface area (Å²) in [5, 5.41) is 0. The van der Waals surface area contributed by atoms with Gasteiger partial charge in [0.2, 0.25) is 0 Å². The molecule has 2 heteroatoms. The maximum absolute atomic E-state index is 5.32. The minimum atomic E-state index is 0.0659. The summed E-state index contributed by atoms with van der Waals surface area (Å²) in [6.45, 7) is 8.40. The summed E-state index contributed by atoms with van der Waals surface area (Å²) in [5.74, 6) is 0. The van der Waals surface area contributed by atoms with Crippen molar-refractivity contribution in [1.29, 1.82) is 0 Å². The molecule has 10 heavy (non-hydrogen) atoms. The van der Waals surface area contributed by atoms with Gasteiger partial charge in [-0.15, -0.1) is 13.2 Å². The van der Waals surface area contributed by atoms with Crippen LogP contribution in [0.2, 0.25) is 0 Å². The third-order valence-corrected chi connectivity index (χ3v) is 1.47. The van der Waals surface area contributed by atoms with Crippen molar-refractivity contribution in [2.45, 2.75) is 12.2 Å². The molecular formula is C8H12O2. The standard InChI is InChI=1S/C8H12O2/c1-3-7-5-10-8(4-2)6-9-7/h3-4,7-8H,1-2,5-6H2. The lowest BCUT2D eigenvalue weighted by Crippen LogP contribution is -2.32. The van der Waals surface area contributed by atoms with Crippen LogP contribution >= 0.6 is 0 Å². The van der Waals surface area contributed by atoms with Gasteiger partial charge in [0.1, 0.15) is 0 Å². The van der Waals surface area contributed by atoms with Gasteiger partial charge in [0.15, 0.2) is 0 Å². The maximum atomic E-state index is 5.32. The molecule has 1 rings (SSSR count). The first-order chi connectivity index (χ1) is 4.86. The van der Waals surface area contributed by atoms with Crippen LogP contribution in [0.3, 0.4) is 0 Å². The molecule has 0 bridgehead atoms. The Kier molecular flexibility index (Phi) is 2.66. The Morgan fingerprint density at radius 1 is 1.00 bits per heavy atom. The third kappa shape index (κ3) is 1.69. The Labute approximate surface area is 61.1 Å². The predicted octanol–water partition coefficient (Wildman–Crippen LogP) is 1.14. The molecule has 0 spiro atoms. The van der Waals surface area contributed by atoms with Gasteiger partial charge in [-0.1, -0.05) is 12.2 Å². The molecule has 0 N–H and O–H groups in total. The number of hydrogen-bond acceptors (Lipinski definition) is 2. The minimum Gasteiger partial charge on any atom is -0.369 e. The topological polar surface area (TPSA) is 18.5 Å². The lowest BCUT2D eigenvalue weighted by atomic mass is 10.3. The summed E-state index contributed by atoms with van der Waals surface area (Å²) < 4.78 is 10.6. The predicted molar refractivity (Wildman–Crippen MR) is 39.9 cm³/mol. The van der Waals surface area contributed by atoms with Crippen molar-refractivity contribution in [2.24, 2.45) is 0 Å². The number of rotatable bonds is 2. The summed E-state index contributed by atoms with van der Waals surface area (Å²) in [4.78, 5) is 0. The molecule has 1 fully saturated rings. The Bertz CT molecular complexity index is 107. The van der Waals surface area contributed by atoms with Crippen LogP contribution in [0.4, 0.5) is 0 Å². The van der Waals surface area contributed by atoms with E-state index < -0.39 is 0 Å². The molecule has 2 nitrogen and oxygen atoms in total. The van der Waals surface area contributed by atoms with Gasteiger partial charge in [0.05, 0.1) is 25.4 Å². The van der Waals surface area contributed by atoms with Crippen molar-refractivity contribution in [2.75, 3.05) is 13.2 Å². The molecule has 1 heterocycles. The quantitative estimate of drug-likeness (QED) is 0.535. The molecule has 1 aliphatic rings. The fourth-order valence-electron chi connectivity index (χ4n) is 0.805. The zero-order valence-corrected chi connectivity index (χ0v) is 5.95. The number of ether oxygens (including phenoxy) is 2. The van der Waals surface area contributed by atoms with Crippen molar-refractivity contribution in [3.63, 3.8) is 0 Å². The van der Waals surface area contributed by atoms with Crippen molar-refractivity contribution in [3.05, 3.63) is 25.3 Å². The van der Waals surface area contributed by atoms with Gasteiger partial charge in [-0.25, -0.2) is 0 Å². The van der Waals surface area contributed by atoms with E-state index >= 15 is 0 Å². The largest absolute Gasteiger partial charge is 0.369 e. The summed E-state index contributed by atoms with van der Waals surface area (Å²) >= 11 is 0. The van der Waals surface area contributed by atoms with Crippen LogP contribution in [0, 0.1) is 0 Å². The van der Waals surface area contributed by atoms with E-state index in [-0.39, 0.29) is 12.2 Å². The average Bonchev–Trinajstić information content (AvgIpc) is 2.05. The normalized spacial score (nSPS) is 33.2. The molecule has 0 aliphatic carbocycles. The van der Waals surface area contributed by atoms with Gasteiger partial charge in [-0.05, 0) is 0 Å². The first kappa shape index (κ1) is 7.51. The molecule has 56 valence electrons. The van der Waals surface area contributed by atoms with Crippen LogP contribution in [0.15, 0.2) is 25.3 Å². The average molecular weight is 140 g/mol. The van der Waals surface area contributed by atoms with E-state index in [1.165, 1.54) is 0 Å². The van der Waals surface area contributed by atoms with Crippen LogP contribution in [0.25, 0.3) is 0 Å². The molecule has 0 aromatic carbocycles. The highest BCUT2D eigenvalue weighted by Gasteiger charge is 2.16. The smallest absolute Gasteiger partial charge is 0.0988 e. The Balaban J connectivity index is 2.30. The molecule has 0 radical (unpaired) electrons. The molecule has 0 aromatic rings. The van der Waals surface area contributed by atoms with Crippen LogP contribution in [-0.2, 0) is 9.47 Å². The zero-order valence-electron chi connectivity index (χ0n) is 5.95. The highest BCUT2D eigenvalue weighted by Crippen LogP contribution is 2.07. The van der Waals surface area contributed by atoms with Gasteiger partial charge >= 0.3 is 0 Å². The van der Waals surface area contributed by atoms with E-state index in [2.05, 4.69) is 13.2 Å². The lowest BCUT2D eigenvalue weighted by molar-refractivity contribution is -0.0975. The SMILES string of the molecule is C=CC1COC(C=C)CO1. The molecule has 0 saturated carbocycles. The number of hydrogen-bond donors (Lipinski definition) is 0. The molecule has 1 aliphatic heterocycles. The second-order valence-electron chi connectivity index (χ2n) is 2.21. The Morgan fingerprint density at radius 3 is 1.60 bits per heavy atom. The maximum Gasteiger partial charge on any atom is 0.0988 e. The molecule has 2 atom stereocenters. The summed E-state index contributed by atoms with van der Waals surface area (Å²) in [6.07, 6.45) is 3.63. The lowest BCUT2D eigenvalue weighted by Gasteiger charge is -2.25. The van der Waals surface area contributed by atoms with Crippen LogP contribution < -0.4 is 0 Å². The molecule has 0 amide bonds. The van der Waals surface area contributed by atoms with Crippen LogP contribution in [0.1, 0.15) is 0 Å². The van der Waals surface area contributed by atoms with E-state index in [1.54, 1.807) is 12.2 Å². The first-order valence-electron chi connectivity index (χ1n) is 3.35. The van der Waals surface area contributed by atoms with Gasteiger partial charge in [-0.2, -0.15) is 0 Å². The highest BCUT2D eigenvalue weighted by atomic mass is 16.6. The van der Waals surface area contributed by atoms with E-state index in [1.807, 2.05) is 0 Å². The monoisotopic (exact) mass is 140 g/mol. The zero-order chi connectivity index (χ0) is 7.40. The van der Waals surface area contributed by atoms with E-state index in [0.717, 1.165) is 0 Å². The highest BCUT2D eigenvalue weighted by molar-refractivity contribution is 4.88. The van der Waals surface area contributed by atoms with Crippen LogP contribution in [0.5, 0.6) is 0 Å². The second kappa shape index (κ2) is 3.54. The first-order valence-corrected chi connectivity index (χ1v) is 3.35. The Hall–Kier alpha value is -0.600. The fourth-order valence-corrected chi connectivity index (χ4v) is 0.805. The Morgan fingerprint density at radius 2 is 1.40 bits per heavy atom. The fraction of sp³-hybridized carbons (Fsp3) is 0.500. The van der Waals surface area contributed by atoms with Gasteiger partial charge in [0.25, 0.3) is 0 Å². The molecule has 2 unspecified atom stereocenters. The van der Waals surface area contributed by atoms with Gasteiger partial charge in [0, 0.05) is 0 Å². The summed E-state index contributed by atoms with van der Waals surface area (Å²) in [7, 11) is 0. The van der Waals surface area contributed by atoms with Gasteiger partial charge in [-0.3, -0.25) is 0 Å². The van der Waals surface area contributed by atoms with Crippen molar-refractivity contribution in [3.8, 4) is 0 Å². The molecule has 1 saturated heterocycles.